The summed E-state index contributed by atoms with van der Waals surface area (Å²) in [5.41, 5.74) is 3.22. The third-order valence-electron chi connectivity index (χ3n) is 3.45. The Morgan fingerprint density at radius 3 is 2.57 bits per heavy atom. The average molecular weight is 313 g/mol. The molecule has 0 spiro atoms. The van der Waals surface area contributed by atoms with E-state index < -0.39 is 6.10 Å². The molecule has 0 saturated heterocycles. The van der Waals surface area contributed by atoms with Gasteiger partial charge >= 0.3 is 0 Å². The van der Waals surface area contributed by atoms with Crippen LogP contribution < -0.4 is 10.1 Å². The van der Waals surface area contributed by atoms with Crippen LogP contribution in [-0.2, 0) is 11.2 Å². The van der Waals surface area contributed by atoms with Crippen molar-refractivity contribution in [1.29, 1.82) is 0 Å². The zero-order valence-electron chi connectivity index (χ0n) is 13.6. The molecule has 122 valence electrons. The van der Waals surface area contributed by atoms with Gasteiger partial charge in [-0.25, -0.2) is 0 Å². The summed E-state index contributed by atoms with van der Waals surface area (Å²) >= 11 is 0. The molecular formula is C19H23NO3. The van der Waals surface area contributed by atoms with Crippen LogP contribution in [0, 0.1) is 13.8 Å². The Hall–Kier alpha value is -2.33. The lowest BCUT2D eigenvalue weighted by atomic mass is 10.1. The summed E-state index contributed by atoms with van der Waals surface area (Å²) < 4.78 is 5.51. The van der Waals surface area contributed by atoms with Gasteiger partial charge in [0.1, 0.15) is 18.5 Å². The van der Waals surface area contributed by atoms with Gasteiger partial charge in [0.05, 0.1) is 6.42 Å². The Balaban J connectivity index is 1.70. The Morgan fingerprint density at radius 1 is 1.13 bits per heavy atom. The number of aliphatic hydroxyl groups excluding tert-OH is 1. The second-order valence-corrected chi connectivity index (χ2v) is 5.75. The minimum absolute atomic E-state index is 0.108. The van der Waals surface area contributed by atoms with Crippen LogP contribution in [0.2, 0.25) is 0 Å². The van der Waals surface area contributed by atoms with E-state index in [1.165, 1.54) is 0 Å². The summed E-state index contributed by atoms with van der Waals surface area (Å²) in [7, 11) is 0. The first kappa shape index (κ1) is 17.0. The topological polar surface area (TPSA) is 58.6 Å². The van der Waals surface area contributed by atoms with Crippen molar-refractivity contribution < 1.29 is 14.6 Å². The molecule has 4 heteroatoms. The summed E-state index contributed by atoms with van der Waals surface area (Å²) in [5.74, 6) is 0.610. The van der Waals surface area contributed by atoms with Gasteiger partial charge in [0, 0.05) is 6.54 Å². The number of rotatable bonds is 7. The zero-order valence-corrected chi connectivity index (χ0v) is 13.6. The van der Waals surface area contributed by atoms with Crippen molar-refractivity contribution in [3.63, 3.8) is 0 Å². The van der Waals surface area contributed by atoms with Crippen LogP contribution in [0.3, 0.4) is 0 Å². The molecule has 0 radical (unpaired) electrons. The van der Waals surface area contributed by atoms with Crippen molar-refractivity contribution in [1.82, 2.24) is 5.32 Å². The molecule has 2 aromatic rings. The zero-order chi connectivity index (χ0) is 16.7. The van der Waals surface area contributed by atoms with Crippen LogP contribution in [0.5, 0.6) is 5.75 Å². The third kappa shape index (κ3) is 6.12. The summed E-state index contributed by atoms with van der Waals surface area (Å²) in [6.07, 6.45) is -0.427. The lowest BCUT2D eigenvalue weighted by Crippen LogP contribution is -2.36. The van der Waals surface area contributed by atoms with Crippen LogP contribution in [0.4, 0.5) is 0 Å². The van der Waals surface area contributed by atoms with Gasteiger partial charge in [-0.05, 0) is 37.1 Å². The van der Waals surface area contributed by atoms with Gasteiger partial charge in [-0.1, -0.05) is 42.0 Å². The first-order chi connectivity index (χ1) is 11.0. The minimum atomic E-state index is -0.738. The van der Waals surface area contributed by atoms with E-state index in [-0.39, 0.29) is 19.1 Å². The Morgan fingerprint density at radius 2 is 1.87 bits per heavy atom. The van der Waals surface area contributed by atoms with E-state index in [2.05, 4.69) is 5.32 Å². The SMILES string of the molecule is Cc1ccc(CC(=O)NCC(O)COc2cccc(C)c2)cc1. The number of carbonyl (C=O) groups excluding carboxylic acids is 1. The number of ether oxygens (including phenoxy) is 1. The van der Waals surface area contributed by atoms with Gasteiger partial charge in [0.25, 0.3) is 0 Å². The third-order valence-corrected chi connectivity index (χ3v) is 3.45. The van der Waals surface area contributed by atoms with E-state index in [1.54, 1.807) is 0 Å². The van der Waals surface area contributed by atoms with E-state index >= 15 is 0 Å². The number of nitrogens with one attached hydrogen (secondary N) is 1. The Kier molecular flexibility index (Phi) is 6.18. The van der Waals surface area contributed by atoms with Gasteiger partial charge in [0.2, 0.25) is 5.91 Å². The molecule has 0 fully saturated rings. The molecular weight excluding hydrogens is 290 g/mol. The second-order valence-electron chi connectivity index (χ2n) is 5.75. The van der Waals surface area contributed by atoms with E-state index in [1.807, 2.05) is 62.4 Å². The van der Waals surface area contributed by atoms with Gasteiger partial charge in [-0.15, -0.1) is 0 Å². The molecule has 2 N–H and O–H groups in total. The number of benzene rings is 2. The van der Waals surface area contributed by atoms with Crippen molar-refractivity contribution in [2.75, 3.05) is 13.2 Å². The van der Waals surface area contributed by atoms with Crippen molar-refractivity contribution in [2.45, 2.75) is 26.4 Å². The molecule has 2 aromatic carbocycles. The molecule has 0 aliphatic carbocycles. The van der Waals surface area contributed by atoms with Gasteiger partial charge in [-0.3, -0.25) is 4.79 Å². The summed E-state index contributed by atoms with van der Waals surface area (Å²) in [6, 6.07) is 15.5. The normalized spacial score (nSPS) is 11.8. The fraction of sp³-hybridized carbons (Fsp3) is 0.316. The summed E-state index contributed by atoms with van der Waals surface area (Å²) in [4.78, 5) is 11.9. The quantitative estimate of drug-likeness (QED) is 0.825. The monoisotopic (exact) mass is 313 g/mol. The first-order valence-corrected chi connectivity index (χ1v) is 7.73. The predicted molar refractivity (Wildman–Crippen MR) is 90.6 cm³/mol. The van der Waals surface area contributed by atoms with Crippen LogP contribution >= 0.6 is 0 Å². The van der Waals surface area contributed by atoms with Crippen LogP contribution in [-0.4, -0.2) is 30.3 Å². The van der Waals surface area contributed by atoms with E-state index in [9.17, 15) is 9.90 Å². The highest BCUT2D eigenvalue weighted by Gasteiger charge is 2.09. The molecule has 23 heavy (non-hydrogen) atoms. The highest BCUT2D eigenvalue weighted by molar-refractivity contribution is 5.78. The number of hydrogen-bond donors (Lipinski definition) is 2. The summed E-state index contributed by atoms with van der Waals surface area (Å²) in [6.45, 7) is 4.31. The van der Waals surface area contributed by atoms with Crippen LogP contribution in [0.15, 0.2) is 48.5 Å². The molecule has 1 atom stereocenters. The Labute approximate surface area is 137 Å². The smallest absolute Gasteiger partial charge is 0.224 e. The van der Waals surface area contributed by atoms with Gasteiger partial charge in [0.15, 0.2) is 0 Å². The van der Waals surface area contributed by atoms with E-state index in [4.69, 9.17) is 4.74 Å². The fourth-order valence-corrected chi connectivity index (χ4v) is 2.14. The van der Waals surface area contributed by atoms with Crippen molar-refractivity contribution in [3.05, 3.63) is 65.2 Å². The van der Waals surface area contributed by atoms with Crippen molar-refractivity contribution >= 4 is 5.91 Å². The number of aliphatic hydroxyl groups is 1. The Bertz CT molecular complexity index is 637. The van der Waals surface area contributed by atoms with E-state index in [0.29, 0.717) is 6.42 Å². The maximum Gasteiger partial charge on any atom is 0.224 e. The lowest BCUT2D eigenvalue weighted by molar-refractivity contribution is -0.121. The molecule has 0 bridgehead atoms. The van der Waals surface area contributed by atoms with E-state index in [0.717, 1.165) is 22.4 Å². The van der Waals surface area contributed by atoms with Crippen molar-refractivity contribution in [2.24, 2.45) is 0 Å². The maximum absolute atomic E-state index is 11.9. The molecule has 2 rings (SSSR count). The number of hydrogen-bond acceptors (Lipinski definition) is 3. The van der Waals surface area contributed by atoms with Crippen LogP contribution in [0.1, 0.15) is 16.7 Å². The number of aryl methyl sites for hydroxylation is 2. The molecule has 1 unspecified atom stereocenters. The average Bonchev–Trinajstić information content (AvgIpc) is 2.53. The molecule has 0 aliphatic rings. The highest BCUT2D eigenvalue weighted by atomic mass is 16.5. The largest absolute Gasteiger partial charge is 0.491 e. The highest BCUT2D eigenvalue weighted by Crippen LogP contribution is 2.12. The molecule has 0 aromatic heterocycles. The lowest BCUT2D eigenvalue weighted by Gasteiger charge is -2.13. The predicted octanol–water partition coefficient (Wildman–Crippen LogP) is 2.40. The summed E-state index contributed by atoms with van der Waals surface area (Å²) in [5, 5.41) is 12.6. The minimum Gasteiger partial charge on any atom is -0.491 e. The van der Waals surface area contributed by atoms with Gasteiger partial charge < -0.3 is 15.2 Å². The molecule has 4 nitrogen and oxygen atoms in total. The van der Waals surface area contributed by atoms with Crippen LogP contribution in [0.25, 0.3) is 0 Å². The maximum atomic E-state index is 11.9. The fourth-order valence-electron chi connectivity index (χ4n) is 2.14. The first-order valence-electron chi connectivity index (χ1n) is 7.73. The standard InChI is InChI=1S/C19H23NO3/c1-14-6-8-16(9-7-14)11-19(22)20-12-17(21)13-23-18-5-3-4-15(2)10-18/h3-10,17,21H,11-13H2,1-2H3,(H,20,22). The second kappa shape index (κ2) is 8.34. The van der Waals surface area contributed by atoms with Gasteiger partial charge in [-0.2, -0.15) is 0 Å². The molecule has 0 aliphatic heterocycles. The number of amides is 1. The molecule has 0 heterocycles. The molecule has 0 saturated carbocycles. The molecule has 1 amide bonds. The number of carbonyl (C=O) groups is 1. The van der Waals surface area contributed by atoms with Crippen molar-refractivity contribution in [3.8, 4) is 5.75 Å².